The maximum absolute atomic E-state index is 15.3. The molecular weight excluding hydrogens is 505 g/mol. The zero-order chi connectivity index (χ0) is 26.4. The van der Waals surface area contributed by atoms with Gasteiger partial charge in [-0.15, -0.1) is 11.8 Å². The third-order valence-corrected chi connectivity index (χ3v) is 8.55. The first-order chi connectivity index (χ1) is 18.0. The van der Waals surface area contributed by atoms with Crippen LogP contribution in [0, 0.1) is 11.7 Å². The summed E-state index contributed by atoms with van der Waals surface area (Å²) in [5.74, 6) is 7.68. The molecule has 9 heteroatoms. The number of piperidine rings is 1. The molecule has 1 fully saturated rings. The molecule has 1 aromatic heterocycles. The molecule has 2 N–H and O–H groups in total. The van der Waals surface area contributed by atoms with E-state index in [1.54, 1.807) is 29.9 Å². The van der Waals surface area contributed by atoms with E-state index < -0.39 is 0 Å². The molecule has 0 bridgehead atoms. The van der Waals surface area contributed by atoms with Crippen LogP contribution in [0.15, 0.2) is 46.5 Å². The quantitative estimate of drug-likeness (QED) is 0.140. The molecule has 3 aromatic rings. The van der Waals surface area contributed by atoms with Gasteiger partial charge >= 0.3 is 0 Å². The van der Waals surface area contributed by atoms with Crippen molar-refractivity contribution >= 4 is 46.1 Å². The minimum Gasteiger partial charge on any atom is -0.396 e. The number of anilines is 1. The molecule has 1 aliphatic heterocycles. The van der Waals surface area contributed by atoms with Gasteiger partial charge in [0.2, 0.25) is 5.90 Å². The third kappa shape index (κ3) is 6.04. The van der Waals surface area contributed by atoms with E-state index in [-0.39, 0.29) is 17.8 Å². The molecule has 0 atom stereocenters. The van der Waals surface area contributed by atoms with E-state index in [9.17, 15) is 0 Å². The highest BCUT2D eigenvalue weighted by Gasteiger charge is 2.28. The average Bonchev–Trinajstić information content (AvgIpc) is 2.94. The second kappa shape index (κ2) is 12.9. The third-order valence-electron chi connectivity index (χ3n) is 7.13. The lowest BCUT2D eigenvalue weighted by molar-refractivity contribution is 0.276. The molecule has 2 aromatic carbocycles. The highest BCUT2D eigenvalue weighted by atomic mass is 32.2. The number of benzene rings is 2. The molecule has 0 unspecified atom stereocenters. The van der Waals surface area contributed by atoms with Crippen molar-refractivity contribution < 1.29 is 9.23 Å². The summed E-state index contributed by atoms with van der Waals surface area (Å²) in [5, 5.41) is 0.471. The summed E-state index contributed by atoms with van der Waals surface area (Å²) in [6.45, 7) is 5.67. The Morgan fingerprint density at radius 3 is 2.57 bits per heavy atom. The van der Waals surface area contributed by atoms with Crippen LogP contribution < -0.4 is 10.8 Å². The maximum Gasteiger partial charge on any atom is 0.212 e. The van der Waals surface area contributed by atoms with Gasteiger partial charge in [-0.2, -0.15) is 17.7 Å². The molecule has 0 radical (unpaired) electrons. The van der Waals surface area contributed by atoms with Crippen molar-refractivity contribution in [3.05, 3.63) is 48.0 Å². The van der Waals surface area contributed by atoms with E-state index in [0.717, 1.165) is 42.6 Å². The number of aliphatic imine (C=N–C) groups is 1. The largest absolute Gasteiger partial charge is 0.396 e. The molecule has 0 saturated carbocycles. The van der Waals surface area contributed by atoms with Gasteiger partial charge in [0.15, 0.2) is 0 Å². The number of halogens is 1. The van der Waals surface area contributed by atoms with Gasteiger partial charge in [-0.25, -0.2) is 14.4 Å². The van der Waals surface area contributed by atoms with Gasteiger partial charge in [-0.05, 0) is 67.5 Å². The fraction of sp³-hybridized carbons (Fsp3) is 0.464. The number of fused-ring (bicyclic) bond motifs is 1. The molecule has 1 aliphatic rings. The molecule has 0 amide bonds. The van der Waals surface area contributed by atoms with Crippen LogP contribution in [0.2, 0.25) is 0 Å². The summed E-state index contributed by atoms with van der Waals surface area (Å²) in [7, 11) is 0. The van der Waals surface area contributed by atoms with Crippen molar-refractivity contribution in [1.29, 1.82) is 0 Å². The predicted octanol–water partition coefficient (Wildman–Crippen LogP) is 6.71. The Labute approximate surface area is 227 Å². The number of rotatable bonds is 9. The van der Waals surface area contributed by atoms with Gasteiger partial charge in [-0.1, -0.05) is 26.0 Å². The lowest BCUT2D eigenvalue weighted by Crippen LogP contribution is -2.38. The Balaban J connectivity index is 1.65. The lowest BCUT2D eigenvalue weighted by atomic mass is 9.95. The number of nitrogens with two attached hydrogens (primary N) is 1. The number of thioether (sulfide) groups is 2. The van der Waals surface area contributed by atoms with Gasteiger partial charge in [0.05, 0.1) is 16.9 Å². The Morgan fingerprint density at radius 2 is 1.92 bits per heavy atom. The van der Waals surface area contributed by atoms with Crippen LogP contribution in [0.25, 0.3) is 22.0 Å². The minimum absolute atomic E-state index is 0.153. The SMILES string of the molecule is CCC(CC)N=C(ON)C1CCN(c2ncnc3c(-c4ccc(CSC)c(SC)c4)ccc(F)c23)CC1. The second-order valence-electron chi connectivity index (χ2n) is 9.29. The summed E-state index contributed by atoms with van der Waals surface area (Å²) >= 11 is 3.54. The molecule has 37 heavy (non-hydrogen) atoms. The Hall–Kier alpha value is -2.36. The Bertz CT molecular complexity index is 1240. The molecule has 0 spiro atoms. The zero-order valence-corrected chi connectivity index (χ0v) is 23.7. The number of aromatic nitrogens is 2. The van der Waals surface area contributed by atoms with E-state index in [4.69, 9.17) is 15.7 Å². The van der Waals surface area contributed by atoms with Crippen molar-refractivity contribution in [2.45, 2.75) is 56.2 Å². The van der Waals surface area contributed by atoms with E-state index >= 15 is 4.39 Å². The Morgan fingerprint density at radius 1 is 1.16 bits per heavy atom. The van der Waals surface area contributed by atoms with E-state index in [1.807, 2.05) is 6.07 Å². The average molecular weight is 542 g/mol. The predicted molar refractivity (Wildman–Crippen MR) is 156 cm³/mol. The van der Waals surface area contributed by atoms with Crippen molar-refractivity contribution in [3.8, 4) is 11.1 Å². The van der Waals surface area contributed by atoms with Gasteiger partial charge in [0, 0.05) is 35.2 Å². The topological polar surface area (TPSA) is 76.6 Å². The van der Waals surface area contributed by atoms with E-state index in [2.05, 4.69) is 59.4 Å². The summed E-state index contributed by atoms with van der Waals surface area (Å²) in [6, 6.07) is 10.0. The first-order valence-electron chi connectivity index (χ1n) is 12.8. The molecular formula is C28H36FN5OS2. The van der Waals surface area contributed by atoms with Crippen LogP contribution in [0.1, 0.15) is 45.1 Å². The van der Waals surface area contributed by atoms with Gasteiger partial charge in [0.1, 0.15) is 18.0 Å². The second-order valence-corrected chi connectivity index (χ2v) is 11.0. The number of hydrogen-bond donors (Lipinski definition) is 1. The summed E-state index contributed by atoms with van der Waals surface area (Å²) in [6.07, 6.45) is 9.29. The first kappa shape index (κ1) is 27.7. The molecule has 2 heterocycles. The van der Waals surface area contributed by atoms with Crippen molar-refractivity contribution in [2.75, 3.05) is 30.5 Å². The first-order valence-corrected chi connectivity index (χ1v) is 15.4. The number of nitrogens with zero attached hydrogens (tertiary/aromatic N) is 4. The molecule has 0 aliphatic carbocycles. The monoisotopic (exact) mass is 541 g/mol. The van der Waals surface area contributed by atoms with Gasteiger partial charge in [0.25, 0.3) is 0 Å². The Kier molecular flexibility index (Phi) is 9.67. The standard InChI is InChI=1S/C28H36FN5OS2/c1-5-21(6-2)33-28(35-30)18-11-13-34(14-12-18)27-25-23(29)10-9-22(26(25)31-17-32-27)19-7-8-20(16-36-3)24(15-19)37-4/h7-10,15,17-18,21H,5-6,11-14,16,30H2,1-4H3. The summed E-state index contributed by atoms with van der Waals surface area (Å²) in [5.41, 5.74) is 3.89. The van der Waals surface area contributed by atoms with Crippen LogP contribution >= 0.6 is 23.5 Å². The molecule has 1 saturated heterocycles. The highest BCUT2D eigenvalue weighted by Crippen LogP contribution is 2.37. The van der Waals surface area contributed by atoms with E-state index in [0.29, 0.717) is 35.7 Å². The highest BCUT2D eigenvalue weighted by molar-refractivity contribution is 7.99. The van der Waals surface area contributed by atoms with Crippen LogP contribution in [-0.2, 0) is 10.6 Å². The molecule has 6 nitrogen and oxygen atoms in total. The van der Waals surface area contributed by atoms with Crippen LogP contribution in [0.4, 0.5) is 10.2 Å². The normalized spacial score (nSPS) is 15.1. The molecule has 198 valence electrons. The maximum atomic E-state index is 15.3. The summed E-state index contributed by atoms with van der Waals surface area (Å²) < 4.78 is 15.3. The minimum atomic E-state index is -0.304. The fourth-order valence-corrected chi connectivity index (χ4v) is 6.30. The van der Waals surface area contributed by atoms with Crippen molar-refractivity contribution in [1.82, 2.24) is 9.97 Å². The number of hydrogen-bond acceptors (Lipinski definition) is 8. The van der Waals surface area contributed by atoms with Crippen LogP contribution in [-0.4, -0.2) is 47.5 Å². The zero-order valence-electron chi connectivity index (χ0n) is 22.0. The van der Waals surface area contributed by atoms with Gasteiger partial charge in [-0.3, -0.25) is 4.99 Å². The van der Waals surface area contributed by atoms with Crippen molar-refractivity contribution in [3.63, 3.8) is 0 Å². The molecule has 4 rings (SSSR count). The van der Waals surface area contributed by atoms with Gasteiger partial charge < -0.3 is 9.74 Å². The van der Waals surface area contributed by atoms with E-state index in [1.165, 1.54) is 16.5 Å². The lowest BCUT2D eigenvalue weighted by Gasteiger charge is -2.33. The smallest absolute Gasteiger partial charge is 0.212 e. The fourth-order valence-electron chi connectivity index (χ4n) is 5.00. The summed E-state index contributed by atoms with van der Waals surface area (Å²) in [4.78, 5) is 22.4. The van der Waals surface area contributed by atoms with Crippen molar-refractivity contribution in [2.24, 2.45) is 16.8 Å². The van der Waals surface area contributed by atoms with Crippen LogP contribution in [0.5, 0.6) is 0 Å². The van der Waals surface area contributed by atoms with Crippen LogP contribution in [0.3, 0.4) is 0 Å².